The number of aliphatic carboxylic acids is 2. The second kappa shape index (κ2) is 9.96. The first-order valence-electron chi connectivity index (χ1n) is 8.40. The van der Waals surface area contributed by atoms with Gasteiger partial charge in [0.2, 0.25) is 0 Å². The topological polar surface area (TPSA) is 104 Å². The molecule has 0 bridgehead atoms. The summed E-state index contributed by atoms with van der Waals surface area (Å²) < 4.78 is 5.31. The molecule has 0 unspecified atom stereocenters. The zero-order chi connectivity index (χ0) is 19.6. The van der Waals surface area contributed by atoms with Crippen LogP contribution in [0.4, 0.5) is 4.79 Å². The molecule has 0 atom stereocenters. The monoisotopic (exact) mass is 371 g/mol. The molecule has 0 spiro atoms. The Morgan fingerprint density at radius 2 is 1.30 bits per heavy atom. The van der Waals surface area contributed by atoms with Gasteiger partial charge in [-0.3, -0.25) is 14.5 Å². The summed E-state index contributed by atoms with van der Waals surface area (Å²) >= 11 is 0. The lowest BCUT2D eigenvalue weighted by atomic mass is 10.1. The van der Waals surface area contributed by atoms with Crippen LogP contribution < -0.4 is 0 Å². The summed E-state index contributed by atoms with van der Waals surface area (Å²) in [5.74, 6) is -2.37. The number of hydrogen-bond acceptors (Lipinski definition) is 4. The van der Waals surface area contributed by atoms with E-state index in [1.807, 2.05) is 24.3 Å². The number of benzene rings is 2. The van der Waals surface area contributed by atoms with Gasteiger partial charge in [0.15, 0.2) is 0 Å². The summed E-state index contributed by atoms with van der Waals surface area (Å²) in [5, 5.41) is 18.3. The predicted octanol–water partition coefficient (Wildman–Crippen LogP) is 3.14. The number of carbonyl (C=O) groups excluding carboxylic acids is 1. The van der Waals surface area contributed by atoms with Crippen molar-refractivity contribution in [3.8, 4) is 0 Å². The molecule has 0 fully saturated rings. The Morgan fingerprint density at radius 1 is 0.815 bits per heavy atom. The highest BCUT2D eigenvalue weighted by molar-refractivity contribution is 5.75. The molecule has 0 aliphatic carbocycles. The number of amides is 1. The van der Waals surface area contributed by atoms with Crippen molar-refractivity contribution in [3.63, 3.8) is 0 Å². The Kier molecular flexibility index (Phi) is 7.37. The van der Waals surface area contributed by atoms with Gasteiger partial charge in [0, 0.05) is 6.54 Å². The van der Waals surface area contributed by atoms with Gasteiger partial charge in [-0.2, -0.15) is 0 Å². The molecular formula is C20H21NO6. The quantitative estimate of drug-likeness (QED) is 0.702. The average molecular weight is 371 g/mol. The zero-order valence-corrected chi connectivity index (χ0v) is 14.7. The van der Waals surface area contributed by atoms with Crippen LogP contribution in [-0.4, -0.2) is 39.2 Å². The van der Waals surface area contributed by atoms with Crippen LogP contribution in [0.1, 0.15) is 24.0 Å². The van der Waals surface area contributed by atoms with Crippen LogP contribution in [-0.2, 0) is 27.5 Å². The number of carbonyl (C=O) groups is 3. The molecule has 7 nitrogen and oxygen atoms in total. The van der Waals surface area contributed by atoms with Crippen molar-refractivity contribution in [2.75, 3.05) is 0 Å². The fraction of sp³-hybridized carbons (Fsp3) is 0.250. The normalized spacial score (nSPS) is 10.4. The van der Waals surface area contributed by atoms with Crippen LogP contribution in [0.2, 0.25) is 0 Å². The lowest BCUT2D eigenvalue weighted by molar-refractivity contribution is -0.140. The predicted molar refractivity (Wildman–Crippen MR) is 96.9 cm³/mol. The highest BCUT2D eigenvalue weighted by Crippen LogP contribution is 2.17. The molecule has 2 N–H and O–H groups in total. The summed E-state index contributed by atoms with van der Waals surface area (Å²) in [5.41, 5.74) is 1.52. The third-order valence-electron chi connectivity index (χ3n) is 3.90. The van der Waals surface area contributed by atoms with E-state index in [1.165, 1.54) is 4.90 Å². The van der Waals surface area contributed by atoms with Crippen LogP contribution in [0.25, 0.3) is 0 Å². The molecule has 0 aliphatic heterocycles. The van der Waals surface area contributed by atoms with Gasteiger partial charge in [-0.25, -0.2) is 4.79 Å². The van der Waals surface area contributed by atoms with Gasteiger partial charge in [-0.15, -0.1) is 0 Å². The lowest BCUT2D eigenvalue weighted by Gasteiger charge is -2.29. The highest BCUT2D eigenvalue weighted by Gasteiger charge is 2.29. The largest absolute Gasteiger partial charge is 0.481 e. The van der Waals surface area contributed by atoms with Crippen molar-refractivity contribution >= 4 is 18.0 Å². The fourth-order valence-electron chi connectivity index (χ4n) is 2.62. The summed E-state index contributed by atoms with van der Waals surface area (Å²) in [6.07, 6.45) is -1.73. The Morgan fingerprint density at radius 3 is 1.78 bits per heavy atom. The molecule has 0 saturated heterocycles. The number of carboxylic acids is 2. The highest BCUT2D eigenvalue weighted by atomic mass is 16.6. The molecule has 0 heterocycles. The lowest BCUT2D eigenvalue weighted by Crippen LogP contribution is -2.42. The Bertz CT molecular complexity index is 747. The van der Waals surface area contributed by atoms with Crippen LogP contribution >= 0.6 is 0 Å². The van der Waals surface area contributed by atoms with Crippen molar-refractivity contribution < 1.29 is 29.3 Å². The van der Waals surface area contributed by atoms with Gasteiger partial charge in [-0.05, 0) is 11.1 Å². The molecule has 2 aromatic carbocycles. The molecule has 0 aromatic heterocycles. The molecule has 0 saturated carbocycles. The third kappa shape index (κ3) is 6.81. The maximum absolute atomic E-state index is 12.6. The number of rotatable bonds is 9. The zero-order valence-electron chi connectivity index (χ0n) is 14.7. The first-order chi connectivity index (χ1) is 13.0. The Balaban J connectivity index is 2.19. The average Bonchev–Trinajstić information content (AvgIpc) is 2.64. The van der Waals surface area contributed by atoms with Crippen LogP contribution in [0, 0.1) is 0 Å². The minimum atomic E-state index is -1.19. The maximum Gasteiger partial charge on any atom is 0.410 e. The minimum absolute atomic E-state index is 0.0117. The second-order valence-electron chi connectivity index (χ2n) is 6.00. The summed E-state index contributed by atoms with van der Waals surface area (Å²) in [7, 11) is 0. The van der Waals surface area contributed by atoms with E-state index >= 15 is 0 Å². The SMILES string of the molecule is O=C(O)CC(CC(=O)O)N(Cc1ccccc1)C(=O)OCc1ccccc1. The van der Waals surface area contributed by atoms with E-state index in [2.05, 4.69) is 0 Å². The van der Waals surface area contributed by atoms with Gasteiger partial charge in [0.1, 0.15) is 6.61 Å². The van der Waals surface area contributed by atoms with E-state index in [-0.39, 0.29) is 13.2 Å². The number of nitrogens with zero attached hydrogens (tertiary/aromatic N) is 1. The van der Waals surface area contributed by atoms with Gasteiger partial charge in [0.25, 0.3) is 0 Å². The first-order valence-corrected chi connectivity index (χ1v) is 8.40. The van der Waals surface area contributed by atoms with Crippen molar-refractivity contribution in [2.24, 2.45) is 0 Å². The van der Waals surface area contributed by atoms with Crippen molar-refractivity contribution in [1.29, 1.82) is 0 Å². The summed E-state index contributed by atoms with van der Waals surface area (Å²) in [4.78, 5) is 36.2. The van der Waals surface area contributed by atoms with Crippen LogP contribution in [0.5, 0.6) is 0 Å². The molecule has 2 aromatic rings. The van der Waals surface area contributed by atoms with Crippen molar-refractivity contribution in [1.82, 2.24) is 4.90 Å². The molecule has 27 heavy (non-hydrogen) atoms. The van der Waals surface area contributed by atoms with E-state index in [0.29, 0.717) is 0 Å². The van der Waals surface area contributed by atoms with E-state index in [0.717, 1.165) is 11.1 Å². The van der Waals surface area contributed by atoms with Crippen molar-refractivity contribution in [2.45, 2.75) is 32.0 Å². The van der Waals surface area contributed by atoms with E-state index in [4.69, 9.17) is 14.9 Å². The Hall–Kier alpha value is -3.35. The van der Waals surface area contributed by atoms with Crippen molar-refractivity contribution in [3.05, 3.63) is 71.8 Å². The van der Waals surface area contributed by atoms with E-state index < -0.39 is 36.9 Å². The van der Waals surface area contributed by atoms with Gasteiger partial charge in [-0.1, -0.05) is 60.7 Å². The number of hydrogen-bond donors (Lipinski definition) is 2. The fourth-order valence-corrected chi connectivity index (χ4v) is 2.62. The van der Waals surface area contributed by atoms with E-state index in [9.17, 15) is 14.4 Å². The molecule has 0 aliphatic rings. The maximum atomic E-state index is 12.6. The molecule has 0 radical (unpaired) electrons. The van der Waals surface area contributed by atoms with Crippen LogP contribution in [0.3, 0.4) is 0 Å². The first kappa shape index (κ1) is 20.0. The molecule has 2 rings (SSSR count). The summed E-state index contributed by atoms with van der Waals surface area (Å²) in [6.45, 7) is 0.0670. The molecular weight excluding hydrogens is 350 g/mol. The smallest absolute Gasteiger partial charge is 0.410 e. The molecule has 7 heteroatoms. The van der Waals surface area contributed by atoms with Gasteiger partial charge >= 0.3 is 18.0 Å². The van der Waals surface area contributed by atoms with Gasteiger partial charge < -0.3 is 14.9 Å². The standard InChI is InChI=1S/C20H21NO6/c22-18(23)11-17(12-19(24)25)21(13-15-7-3-1-4-8-15)20(26)27-14-16-9-5-2-6-10-16/h1-10,17H,11-14H2,(H,22,23)(H,24,25). The number of carboxylic acid groups (broad SMARTS) is 2. The Labute approximate surface area is 156 Å². The number of ether oxygens (including phenoxy) is 1. The van der Waals surface area contributed by atoms with E-state index in [1.54, 1.807) is 36.4 Å². The molecule has 1 amide bonds. The molecule has 142 valence electrons. The third-order valence-corrected chi connectivity index (χ3v) is 3.90. The van der Waals surface area contributed by atoms with Crippen LogP contribution in [0.15, 0.2) is 60.7 Å². The summed E-state index contributed by atoms with van der Waals surface area (Å²) in [6, 6.07) is 16.9. The van der Waals surface area contributed by atoms with Gasteiger partial charge in [0.05, 0.1) is 18.9 Å². The second-order valence-corrected chi connectivity index (χ2v) is 6.00. The minimum Gasteiger partial charge on any atom is -0.481 e.